The summed E-state index contributed by atoms with van der Waals surface area (Å²) in [6.07, 6.45) is 2.24. The van der Waals surface area contributed by atoms with Gasteiger partial charge in [-0.1, -0.05) is 6.32 Å². The second kappa shape index (κ2) is 8.86. The molecule has 0 aliphatic heterocycles. The van der Waals surface area contributed by atoms with Crippen LogP contribution in [0.15, 0.2) is 12.7 Å². The first-order chi connectivity index (χ1) is 1.91. The van der Waals surface area contributed by atoms with E-state index in [0.717, 1.165) is 0 Å². The molecule has 0 rings (SSSR count). The SMILES string of the molecule is Br.[B]CC=C. The lowest BCUT2D eigenvalue weighted by molar-refractivity contribution is 1.76. The Morgan fingerprint density at radius 3 is 2.00 bits per heavy atom. The molecular weight excluding hydrogens is 127 g/mol. The molecule has 0 saturated carbocycles. The summed E-state index contributed by atoms with van der Waals surface area (Å²) in [5, 5.41) is 0. The van der Waals surface area contributed by atoms with Crippen molar-refractivity contribution in [1.29, 1.82) is 0 Å². The van der Waals surface area contributed by atoms with Gasteiger partial charge in [-0.25, -0.2) is 0 Å². The number of hydrogen-bond acceptors (Lipinski definition) is 0. The maximum atomic E-state index is 4.91. The van der Waals surface area contributed by atoms with Crippen LogP contribution in [0.2, 0.25) is 6.32 Å². The highest BCUT2D eigenvalue weighted by atomic mass is 79.9. The molecule has 0 atom stereocenters. The smallest absolute Gasteiger partial charge is 0.0708 e. The maximum Gasteiger partial charge on any atom is 0.0708 e. The molecule has 0 aliphatic rings. The second-order valence-corrected chi connectivity index (χ2v) is 0.524. The first-order valence-electron chi connectivity index (χ1n) is 1.22. The van der Waals surface area contributed by atoms with Crippen LogP contribution in [0, 0.1) is 0 Å². The van der Waals surface area contributed by atoms with Crippen LogP contribution in [0.5, 0.6) is 0 Å². The van der Waals surface area contributed by atoms with E-state index < -0.39 is 0 Å². The van der Waals surface area contributed by atoms with E-state index >= 15 is 0 Å². The van der Waals surface area contributed by atoms with Crippen LogP contribution >= 0.6 is 17.0 Å². The summed E-state index contributed by atoms with van der Waals surface area (Å²) in [7, 11) is 4.91. The van der Waals surface area contributed by atoms with Crippen LogP contribution in [-0.4, -0.2) is 7.85 Å². The molecule has 0 nitrogen and oxygen atoms in total. The Hall–Kier alpha value is 0.285. The fraction of sp³-hybridized carbons (Fsp3) is 0.333. The first kappa shape index (κ1) is 8.99. The largest absolute Gasteiger partial charge is 0.114 e. The minimum absolute atomic E-state index is 0. The van der Waals surface area contributed by atoms with Crippen molar-refractivity contribution >= 4 is 24.8 Å². The Labute approximate surface area is 44.4 Å². The van der Waals surface area contributed by atoms with E-state index in [1.165, 1.54) is 0 Å². The molecule has 0 N–H and O–H groups in total. The Morgan fingerprint density at radius 2 is 2.00 bits per heavy atom. The number of hydrogen-bond donors (Lipinski definition) is 0. The van der Waals surface area contributed by atoms with E-state index in [-0.39, 0.29) is 17.0 Å². The Bertz CT molecular complexity index is 20.9. The van der Waals surface area contributed by atoms with Crippen molar-refractivity contribution in [2.75, 3.05) is 0 Å². The Balaban J connectivity index is 0. The fourth-order valence-electron chi connectivity index (χ4n) is 0. The topological polar surface area (TPSA) is 0 Å². The van der Waals surface area contributed by atoms with Crippen molar-refractivity contribution in [3.05, 3.63) is 12.7 Å². The molecule has 2 heteroatoms. The summed E-state index contributed by atoms with van der Waals surface area (Å²) >= 11 is 0. The normalized spacial score (nSPS) is 4.80. The fourth-order valence-corrected chi connectivity index (χ4v) is 0. The summed E-state index contributed by atoms with van der Waals surface area (Å²) in [4.78, 5) is 0. The lowest BCUT2D eigenvalue weighted by Gasteiger charge is -1.57. The molecule has 0 bridgehead atoms. The minimum Gasteiger partial charge on any atom is -0.114 e. The summed E-state index contributed by atoms with van der Waals surface area (Å²) in [6.45, 7) is 3.35. The zero-order valence-electron chi connectivity index (χ0n) is 2.98. The van der Waals surface area contributed by atoms with Crippen molar-refractivity contribution in [3.63, 3.8) is 0 Å². The van der Waals surface area contributed by atoms with Gasteiger partial charge in [-0.2, -0.15) is 0 Å². The van der Waals surface area contributed by atoms with Crippen LogP contribution in [0.3, 0.4) is 0 Å². The molecule has 28 valence electrons. The lowest BCUT2D eigenvalue weighted by atomic mass is 10.1. The van der Waals surface area contributed by atoms with E-state index in [0.29, 0.717) is 6.32 Å². The third kappa shape index (κ3) is 13.5. The molecule has 0 spiro atoms. The van der Waals surface area contributed by atoms with E-state index in [1.54, 1.807) is 6.08 Å². The summed E-state index contributed by atoms with van der Waals surface area (Å²) in [6, 6.07) is 0. The Kier molecular flexibility index (Phi) is 15.9. The number of allylic oxidation sites excluding steroid dienone is 1. The minimum atomic E-state index is 0. The monoisotopic (exact) mass is 132 g/mol. The molecule has 0 aromatic rings. The van der Waals surface area contributed by atoms with Gasteiger partial charge in [-0.3, -0.25) is 0 Å². The van der Waals surface area contributed by atoms with Crippen molar-refractivity contribution in [2.24, 2.45) is 0 Å². The van der Waals surface area contributed by atoms with Gasteiger partial charge in [-0.05, 0) is 0 Å². The van der Waals surface area contributed by atoms with Gasteiger partial charge in [-0.15, -0.1) is 29.6 Å². The van der Waals surface area contributed by atoms with Gasteiger partial charge in [0.15, 0.2) is 0 Å². The highest BCUT2D eigenvalue weighted by Crippen LogP contribution is 1.61. The van der Waals surface area contributed by atoms with E-state index in [2.05, 4.69) is 6.58 Å². The third-order valence-corrected chi connectivity index (χ3v) is 0.167. The van der Waals surface area contributed by atoms with Crippen molar-refractivity contribution in [2.45, 2.75) is 6.32 Å². The maximum absolute atomic E-state index is 4.91. The van der Waals surface area contributed by atoms with Crippen LogP contribution in [0.1, 0.15) is 0 Å². The predicted molar refractivity (Wildman–Crippen MR) is 31.1 cm³/mol. The average Bonchev–Trinajstić information content (AvgIpc) is 1.37. The summed E-state index contributed by atoms with van der Waals surface area (Å²) < 4.78 is 0. The van der Waals surface area contributed by atoms with Gasteiger partial charge in [0.1, 0.15) is 0 Å². The molecule has 0 fully saturated rings. The standard InChI is InChI=1S/C3H5B.BrH/c1-2-3-4;/h2H,1,3H2;1H. The van der Waals surface area contributed by atoms with Gasteiger partial charge >= 0.3 is 0 Å². The van der Waals surface area contributed by atoms with Crippen LogP contribution in [0.4, 0.5) is 0 Å². The van der Waals surface area contributed by atoms with Crippen LogP contribution < -0.4 is 0 Å². The van der Waals surface area contributed by atoms with Crippen LogP contribution in [-0.2, 0) is 0 Å². The number of rotatable bonds is 1. The molecule has 0 heterocycles. The second-order valence-electron chi connectivity index (χ2n) is 0.524. The van der Waals surface area contributed by atoms with Crippen molar-refractivity contribution < 1.29 is 0 Å². The van der Waals surface area contributed by atoms with Crippen molar-refractivity contribution in [3.8, 4) is 0 Å². The zero-order valence-corrected chi connectivity index (χ0v) is 4.69. The van der Waals surface area contributed by atoms with Gasteiger partial charge in [0.25, 0.3) is 0 Å². The summed E-state index contributed by atoms with van der Waals surface area (Å²) in [5.74, 6) is 0. The van der Waals surface area contributed by atoms with Gasteiger partial charge < -0.3 is 0 Å². The van der Waals surface area contributed by atoms with E-state index in [1.807, 2.05) is 0 Å². The van der Waals surface area contributed by atoms with Crippen LogP contribution in [0.25, 0.3) is 0 Å². The molecule has 0 aliphatic carbocycles. The van der Waals surface area contributed by atoms with Gasteiger partial charge in [0.05, 0.1) is 7.85 Å². The predicted octanol–water partition coefficient (Wildman–Crippen LogP) is 1.34. The third-order valence-electron chi connectivity index (χ3n) is 0.167. The van der Waals surface area contributed by atoms with Crippen molar-refractivity contribution in [1.82, 2.24) is 0 Å². The molecule has 0 aromatic heterocycles. The average molecular weight is 133 g/mol. The molecule has 2 radical (unpaired) electrons. The quantitative estimate of drug-likeness (QED) is 0.373. The molecule has 5 heavy (non-hydrogen) atoms. The van der Waals surface area contributed by atoms with Gasteiger partial charge in [0.2, 0.25) is 0 Å². The molecular formula is C3H6BBr. The van der Waals surface area contributed by atoms with E-state index in [9.17, 15) is 0 Å². The highest BCUT2D eigenvalue weighted by molar-refractivity contribution is 8.93. The Morgan fingerprint density at radius 1 is 1.80 bits per heavy atom. The van der Waals surface area contributed by atoms with Gasteiger partial charge in [0, 0.05) is 0 Å². The summed E-state index contributed by atoms with van der Waals surface area (Å²) in [5.41, 5.74) is 0. The molecule has 0 unspecified atom stereocenters. The molecule has 0 saturated heterocycles. The molecule has 0 amide bonds. The lowest BCUT2D eigenvalue weighted by Crippen LogP contribution is -1.47. The number of halogens is 1. The molecule has 0 aromatic carbocycles. The van der Waals surface area contributed by atoms with E-state index in [4.69, 9.17) is 7.85 Å². The highest BCUT2D eigenvalue weighted by Gasteiger charge is 1.46. The zero-order chi connectivity index (χ0) is 3.41. The first-order valence-corrected chi connectivity index (χ1v) is 1.22.